The van der Waals surface area contributed by atoms with Gasteiger partial charge in [0.1, 0.15) is 11.5 Å². The Morgan fingerprint density at radius 1 is 1.28 bits per heavy atom. The second kappa shape index (κ2) is 7.20. The van der Waals surface area contributed by atoms with Crippen molar-refractivity contribution >= 4 is 0 Å². The lowest BCUT2D eigenvalue weighted by Gasteiger charge is -2.21. The van der Waals surface area contributed by atoms with Crippen LogP contribution in [0.25, 0.3) is 0 Å². The molecule has 2 N–H and O–H groups in total. The summed E-state index contributed by atoms with van der Waals surface area (Å²) in [5.74, 6) is 1.28. The van der Waals surface area contributed by atoms with E-state index in [1.165, 1.54) is 0 Å². The normalized spacial score (nSPS) is 12.6. The third-order valence-electron chi connectivity index (χ3n) is 2.77. The second-order valence-corrected chi connectivity index (χ2v) is 4.11. The number of likely N-dealkylation sites (N-methyl/N-ethyl adjacent to an activating group) is 1. The lowest BCUT2D eigenvalue weighted by atomic mass is 10.1. The van der Waals surface area contributed by atoms with E-state index in [0.29, 0.717) is 30.2 Å². The molecule has 1 rings (SSSR count). The largest absolute Gasteiger partial charge is 0.497 e. The lowest BCUT2D eigenvalue weighted by molar-refractivity contribution is 0.113. The van der Waals surface area contributed by atoms with Crippen molar-refractivity contribution < 1.29 is 19.7 Å². The summed E-state index contributed by atoms with van der Waals surface area (Å²) < 4.78 is 10.3. The molecule has 0 spiro atoms. The summed E-state index contributed by atoms with van der Waals surface area (Å²) in [6, 6.07) is 5.31. The van der Waals surface area contributed by atoms with Crippen molar-refractivity contribution in [2.75, 3.05) is 41.0 Å². The van der Waals surface area contributed by atoms with Gasteiger partial charge in [-0.25, -0.2) is 0 Å². The van der Waals surface area contributed by atoms with Crippen LogP contribution >= 0.6 is 0 Å². The number of hydrogen-bond acceptors (Lipinski definition) is 5. The molecule has 5 heteroatoms. The fraction of sp³-hybridized carbons (Fsp3) is 0.538. The van der Waals surface area contributed by atoms with E-state index in [1.807, 2.05) is 11.9 Å². The minimum Gasteiger partial charge on any atom is -0.497 e. The molecular weight excluding hydrogens is 234 g/mol. The molecule has 0 bridgehead atoms. The third-order valence-corrected chi connectivity index (χ3v) is 2.77. The van der Waals surface area contributed by atoms with Gasteiger partial charge in [0.05, 0.1) is 26.9 Å². The smallest absolute Gasteiger partial charge is 0.128 e. The van der Waals surface area contributed by atoms with Crippen LogP contribution in [0.1, 0.15) is 11.7 Å². The van der Waals surface area contributed by atoms with Crippen molar-refractivity contribution in [3.05, 3.63) is 23.8 Å². The molecule has 0 saturated heterocycles. The van der Waals surface area contributed by atoms with Crippen LogP contribution in [-0.2, 0) is 0 Å². The van der Waals surface area contributed by atoms with Gasteiger partial charge in [-0.3, -0.25) is 0 Å². The fourth-order valence-corrected chi connectivity index (χ4v) is 1.75. The first-order valence-electron chi connectivity index (χ1n) is 5.81. The molecule has 0 aliphatic carbocycles. The highest BCUT2D eigenvalue weighted by atomic mass is 16.5. The predicted octanol–water partition coefficient (Wildman–Crippen LogP) is 0.661. The Kier molecular flexibility index (Phi) is 5.91. The number of ether oxygens (including phenoxy) is 2. The van der Waals surface area contributed by atoms with Crippen LogP contribution in [0, 0.1) is 0 Å². The van der Waals surface area contributed by atoms with Crippen molar-refractivity contribution in [1.82, 2.24) is 4.90 Å². The van der Waals surface area contributed by atoms with Gasteiger partial charge in [-0.1, -0.05) is 0 Å². The van der Waals surface area contributed by atoms with Crippen LogP contribution in [0.2, 0.25) is 0 Å². The van der Waals surface area contributed by atoms with Crippen molar-refractivity contribution in [3.8, 4) is 11.5 Å². The van der Waals surface area contributed by atoms with Crippen LogP contribution in [0.5, 0.6) is 11.5 Å². The maximum absolute atomic E-state index is 10.1. The summed E-state index contributed by atoms with van der Waals surface area (Å²) in [4.78, 5) is 1.86. The first-order valence-corrected chi connectivity index (χ1v) is 5.81. The highest BCUT2D eigenvalue weighted by molar-refractivity contribution is 5.42. The predicted molar refractivity (Wildman–Crippen MR) is 69.1 cm³/mol. The van der Waals surface area contributed by atoms with E-state index in [-0.39, 0.29) is 6.61 Å². The molecule has 1 aromatic rings. The van der Waals surface area contributed by atoms with Gasteiger partial charge in [0.2, 0.25) is 0 Å². The van der Waals surface area contributed by atoms with E-state index < -0.39 is 6.10 Å². The van der Waals surface area contributed by atoms with E-state index in [4.69, 9.17) is 14.6 Å². The van der Waals surface area contributed by atoms with Gasteiger partial charge in [0, 0.05) is 24.7 Å². The summed E-state index contributed by atoms with van der Waals surface area (Å²) in [6.07, 6.45) is -0.664. The third kappa shape index (κ3) is 3.87. The Bertz CT molecular complexity index is 370. The zero-order valence-corrected chi connectivity index (χ0v) is 11.1. The molecule has 1 aromatic carbocycles. The Morgan fingerprint density at radius 3 is 2.56 bits per heavy atom. The first-order chi connectivity index (χ1) is 8.62. The Labute approximate surface area is 108 Å². The molecule has 0 amide bonds. The van der Waals surface area contributed by atoms with Gasteiger partial charge in [-0.05, 0) is 19.2 Å². The van der Waals surface area contributed by atoms with Gasteiger partial charge in [0.25, 0.3) is 0 Å². The summed E-state index contributed by atoms with van der Waals surface area (Å²) in [5.41, 5.74) is 0.711. The standard InChI is InChI=1S/C13H21NO4/c1-14(6-7-15)9-12(16)11-5-4-10(17-2)8-13(11)18-3/h4-5,8,12,15-16H,6-7,9H2,1-3H3. The van der Waals surface area contributed by atoms with Crippen LogP contribution in [-0.4, -0.2) is 56.1 Å². The summed E-state index contributed by atoms with van der Waals surface area (Å²) >= 11 is 0. The Morgan fingerprint density at radius 2 is 2.00 bits per heavy atom. The summed E-state index contributed by atoms with van der Waals surface area (Å²) in [6.45, 7) is 1.03. The number of aliphatic hydroxyl groups is 2. The van der Waals surface area contributed by atoms with Gasteiger partial charge >= 0.3 is 0 Å². The first kappa shape index (κ1) is 14.8. The molecule has 5 nitrogen and oxygen atoms in total. The lowest BCUT2D eigenvalue weighted by Crippen LogP contribution is -2.27. The van der Waals surface area contributed by atoms with Gasteiger partial charge in [-0.2, -0.15) is 0 Å². The molecule has 1 unspecified atom stereocenters. The molecular formula is C13H21NO4. The number of methoxy groups -OCH3 is 2. The average Bonchev–Trinajstić information content (AvgIpc) is 2.38. The number of rotatable bonds is 7. The van der Waals surface area contributed by atoms with Crippen LogP contribution < -0.4 is 9.47 Å². The summed E-state index contributed by atoms with van der Waals surface area (Å²) in [7, 11) is 4.98. The Hall–Kier alpha value is -1.30. The van der Waals surface area contributed by atoms with E-state index in [2.05, 4.69) is 0 Å². The van der Waals surface area contributed by atoms with Gasteiger partial charge in [-0.15, -0.1) is 0 Å². The van der Waals surface area contributed by atoms with Gasteiger partial charge < -0.3 is 24.6 Å². The fourth-order valence-electron chi connectivity index (χ4n) is 1.75. The minimum atomic E-state index is -0.664. The van der Waals surface area contributed by atoms with Gasteiger partial charge in [0.15, 0.2) is 0 Å². The molecule has 0 aliphatic heterocycles. The zero-order chi connectivity index (χ0) is 13.5. The average molecular weight is 255 g/mol. The molecule has 18 heavy (non-hydrogen) atoms. The molecule has 0 aliphatic rings. The van der Waals surface area contributed by atoms with Crippen molar-refractivity contribution in [3.63, 3.8) is 0 Å². The minimum absolute atomic E-state index is 0.0724. The second-order valence-electron chi connectivity index (χ2n) is 4.11. The highest BCUT2D eigenvalue weighted by Gasteiger charge is 2.15. The summed E-state index contributed by atoms with van der Waals surface area (Å²) in [5, 5.41) is 19.0. The van der Waals surface area contributed by atoms with E-state index in [1.54, 1.807) is 32.4 Å². The molecule has 0 fully saturated rings. The molecule has 0 heterocycles. The zero-order valence-electron chi connectivity index (χ0n) is 11.1. The van der Waals surface area contributed by atoms with E-state index >= 15 is 0 Å². The molecule has 102 valence electrons. The molecule has 0 saturated carbocycles. The molecule has 0 radical (unpaired) electrons. The Balaban J connectivity index is 2.81. The molecule has 1 atom stereocenters. The SMILES string of the molecule is COc1ccc(C(O)CN(C)CCO)c(OC)c1. The van der Waals surface area contributed by atoms with Crippen LogP contribution in [0.4, 0.5) is 0 Å². The quantitative estimate of drug-likeness (QED) is 0.749. The van der Waals surface area contributed by atoms with E-state index in [9.17, 15) is 5.11 Å². The highest BCUT2D eigenvalue weighted by Crippen LogP contribution is 2.29. The number of nitrogens with zero attached hydrogens (tertiary/aromatic N) is 1. The topological polar surface area (TPSA) is 62.2 Å². The van der Waals surface area contributed by atoms with Crippen molar-refractivity contribution in [2.24, 2.45) is 0 Å². The monoisotopic (exact) mass is 255 g/mol. The number of benzene rings is 1. The van der Waals surface area contributed by atoms with Crippen LogP contribution in [0.15, 0.2) is 18.2 Å². The number of aliphatic hydroxyl groups excluding tert-OH is 2. The van der Waals surface area contributed by atoms with Crippen molar-refractivity contribution in [1.29, 1.82) is 0 Å². The number of hydrogen-bond donors (Lipinski definition) is 2. The maximum Gasteiger partial charge on any atom is 0.128 e. The van der Waals surface area contributed by atoms with E-state index in [0.717, 1.165) is 0 Å². The van der Waals surface area contributed by atoms with Crippen LogP contribution in [0.3, 0.4) is 0 Å². The van der Waals surface area contributed by atoms with Crippen molar-refractivity contribution in [2.45, 2.75) is 6.10 Å². The maximum atomic E-state index is 10.1. The molecule has 0 aromatic heterocycles.